The maximum Gasteiger partial charge on any atom is 0.500 e. The lowest BCUT2D eigenvalue weighted by molar-refractivity contribution is -0.0653. The van der Waals surface area contributed by atoms with Crippen molar-refractivity contribution in [3.05, 3.63) is 43.0 Å². The first-order valence-electron chi connectivity index (χ1n) is 6.90. The van der Waals surface area contributed by atoms with Crippen molar-refractivity contribution in [2.45, 2.75) is 42.7 Å². The molecular formula is C11H12F3N5O6S. The molecule has 0 amide bonds. The maximum absolute atomic E-state index is 12.6. The molecule has 0 saturated carbocycles. The van der Waals surface area contributed by atoms with E-state index >= 15 is 0 Å². The van der Waals surface area contributed by atoms with Crippen LogP contribution in [-0.2, 0) is 14.6 Å². The number of aliphatic hydroxyl groups is 1. The SMILES string of the molecule is Cc1cn([C@H]2CC(N=[N+]=[N-])[C@@H](C(O)S(=O)(=O)C(F)(F)F)O2)c(=O)[nH]c1=O. The van der Waals surface area contributed by atoms with E-state index in [0.29, 0.717) is 0 Å². The van der Waals surface area contributed by atoms with Gasteiger partial charge in [0.15, 0.2) is 5.44 Å². The highest BCUT2D eigenvalue weighted by Gasteiger charge is 2.56. The number of aliphatic hydroxyl groups excluding tert-OH is 1. The number of nitrogens with one attached hydrogen (secondary N) is 1. The molecule has 15 heteroatoms. The van der Waals surface area contributed by atoms with E-state index in [-0.39, 0.29) is 5.56 Å². The van der Waals surface area contributed by atoms with Gasteiger partial charge in [-0.15, -0.1) is 0 Å². The van der Waals surface area contributed by atoms with Crippen molar-refractivity contribution in [3.8, 4) is 0 Å². The van der Waals surface area contributed by atoms with E-state index in [9.17, 15) is 36.3 Å². The third-order valence-electron chi connectivity index (χ3n) is 3.71. The Balaban J connectivity index is 2.44. The summed E-state index contributed by atoms with van der Waals surface area (Å²) in [6.45, 7) is 1.34. The van der Waals surface area contributed by atoms with Gasteiger partial charge < -0.3 is 9.84 Å². The van der Waals surface area contributed by atoms with E-state index in [1.807, 2.05) is 4.98 Å². The fourth-order valence-electron chi connectivity index (χ4n) is 2.40. The number of nitrogens with zero attached hydrogens (tertiary/aromatic N) is 4. The molecular weight excluding hydrogens is 387 g/mol. The number of sulfone groups is 1. The number of alkyl halides is 3. The van der Waals surface area contributed by atoms with Crippen molar-refractivity contribution in [2.75, 3.05) is 0 Å². The van der Waals surface area contributed by atoms with E-state index in [1.165, 1.54) is 6.92 Å². The van der Waals surface area contributed by atoms with E-state index in [2.05, 4.69) is 10.0 Å². The molecule has 11 nitrogen and oxygen atoms in total. The number of azide groups is 1. The highest BCUT2D eigenvalue weighted by molar-refractivity contribution is 7.92. The molecule has 2 heterocycles. The van der Waals surface area contributed by atoms with Gasteiger partial charge in [-0.05, 0) is 12.5 Å². The van der Waals surface area contributed by atoms with Gasteiger partial charge in [0, 0.05) is 23.1 Å². The lowest BCUT2D eigenvalue weighted by atomic mass is 10.1. The summed E-state index contributed by atoms with van der Waals surface area (Å²) in [5.74, 6) is 0. The molecule has 0 bridgehead atoms. The van der Waals surface area contributed by atoms with Gasteiger partial charge in [0.25, 0.3) is 15.4 Å². The fourth-order valence-corrected chi connectivity index (χ4v) is 3.27. The molecule has 0 aromatic carbocycles. The summed E-state index contributed by atoms with van der Waals surface area (Å²) in [6.07, 6.45) is -2.78. The lowest BCUT2D eigenvalue weighted by Crippen LogP contribution is -2.45. The van der Waals surface area contributed by atoms with E-state index in [0.717, 1.165) is 10.8 Å². The summed E-state index contributed by atoms with van der Waals surface area (Å²) in [5, 5.41) is 12.8. The Morgan fingerprint density at radius 1 is 1.50 bits per heavy atom. The molecule has 1 aliphatic heterocycles. The quantitative estimate of drug-likeness (QED) is 0.412. The van der Waals surface area contributed by atoms with Gasteiger partial charge in [0.2, 0.25) is 0 Å². The Morgan fingerprint density at radius 2 is 2.12 bits per heavy atom. The zero-order valence-corrected chi connectivity index (χ0v) is 13.7. The van der Waals surface area contributed by atoms with Gasteiger partial charge in [-0.25, -0.2) is 13.2 Å². The van der Waals surface area contributed by atoms with Gasteiger partial charge in [0.05, 0.1) is 6.04 Å². The molecule has 26 heavy (non-hydrogen) atoms. The van der Waals surface area contributed by atoms with E-state index in [1.54, 1.807) is 0 Å². The summed E-state index contributed by atoms with van der Waals surface area (Å²) >= 11 is 0. The van der Waals surface area contributed by atoms with Crippen molar-refractivity contribution >= 4 is 9.84 Å². The number of aryl methyl sites for hydroxylation is 1. The van der Waals surface area contributed by atoms with E-state index < -0.39 is 56.8 Å². The fraction of sp³-hybridized carbons (Fsp3) is 0.636. The Morgan fingerprint density at radius 3 is 2.65 bits per heavy atom. The van der Waals surface area contributed by atoms with Crippen LogP contribution in [0.3, 0.4) is 0 Å². The van der Waals surface area contributed by atoms with Crippen molar-refractivity contribution in [2.24, 2.45) is 5.11 Å². The van der Waals surface area contributed by atoms with Gasteiger partial charge in [-0.3, -0.25) is 14.3 Å². The molecule has 1 aliphatic rings. The smallest absolute Gasteiger partial charge is 0.375 e. The Hall–Kier alpha value is -2.35. The second-order valence-electron chi connectivity index (χ2n) is 5.42. The number of H-pyrrole nitrogens is 1. The van der Waals surface area contributed by atoms with Crippen LogP contribution in [-0.4, -0.2) is 46.2 Å². The first kappa shape index (κ1) is 20.0. The molecule has 0 spiro atoms. The van der Waals surface area contributed by atoms with E-state index in [4.69, 9.17) is 10.3 Å². The second-order valence-corrected chi connectivity index (χ2v) is 7.46. The van der Waals surface area contributed by atoms with Gasteiger partial charge in [0.1, 0.15) is 12.3 Å². The molecule has 0 radical (unpaired) electrons. The summed E-state index contributed by atoms with van der Waals surface area (Å²) in [5.41, 5.74) is -1.92. The highest BCUT2D eigenvalue weighted by atomic mass is 32.2. The van der Waals surface area contributed by atoms with Crippen LogP contribution in [0.4, 0.5) is 13.2 Å². The third kappa shape index (κ3) is 3.46. The van der Waals surface area contributed by atoms with Crippen LogP contribution in [0, 0.1) is 6.92 Å². The highest BCUT2D eigenvalue weighted by Crippen LogP contribution is 2.37. The number of ether oxygens (including phenoxy) is 1. The summed E-state index contributed by atoms with van der Waals surface area (Å²) in [7, 11) is -6.04. The molecule has 2 N–H and O–H groups in total. The minimum absolute atomic E-state index is 0.0699. The minimum atomic E-state index is -6.04. The molecule has 1 saturated heterocycles. The van der Waals surface area contributed by atoms with Gasteiger partial charge in [-0.1, -0.05) is 5.11 Å². The molecule has 2 rings (SSSR count). The first-order valence-corrected chi connectivity index (χ1v) is 8.44. The normalized spacial score (nSPS) is 24.9. The Kier molecular flexibility index (Phi) is 5.19. The van der Waals surface area contributed by atoms with Crippen LogP contribution in [0.1, 0.15) is 18.2 Å². The molecule has 4 atom stereocenters. The van der Waals surface area contributed by atoms with Crippen LogP contribution in [0.2, 0.25) is 0 Å². The number of hydrogen-bond donors (Lipinski definition) is 2. The molecule has 1 fully saturated rings. The molecule has 1 aromatic rings. The largest absolute Gasteiger partial charge is 0.500 e. The van der Waals surface area contributed by atoms with Crippen LogP contribution in [0.5, 0.6) is 0 Å². The topological polar surface area (TPSA) is 167 Å². The van der Waals surface area contributed by atoms with Gasteiger partial charge in [-0.2, -0.15) is 13.2 Å². The summed E-state index contributed by atoms with van der Waals surface area (Å²) in [4.78, 5) is 27.5. The second kappa shape index (κ2) is 6.75. The van der Waals surface area contributed by atoms with Crippen LogP contribution >= 0.6 is 0 Å². The van der Waals surface area contributed by atoms with Crippen LogP contribution in [0.25, 0.3) is 10.4 Å². The Labute approximate surface area is 142 Å². The average molecular weight is 399 g/mol. The minimum Gasteiger partial charge on any atom is -0.375 e. The predicted molar refractivity (Wildman–Crippen MR) is 78.5 cm³/mol. The Bertz CT molecular complexity index is 964. The monoisotopic (exact) mass is 399 g/mol. The maximum atomic E-state index is 12.6. The molecule has 1 aromatic heterocycles. The van der Waals surface area contributed by atoms with Crippen molar-refractivity contribution < 1.29 is 31.4 Å². The number of halogens is 3. The third-order valence-corrected chi connectivity index (χ3v) is 5.26. The zero-order valence-electron chi connectivity index (χ0n) is 12.9. The van der Waals surface area contributed by atoms with Gasteiger partial charge >= 0.3 is 11.2 Å². The standard InChI is InChI=1S/C11H12F3N5O6S/c1-4-3-19(10(22)16-8(4)20)6-2-5(17-18-15)7(25-6)9(21)26(23,24)11(12,13)14/h3,5-7,9,21H,2H2,1H3,(H,16,20,22)/t5?,6-,7+,9?/m1/s1. The average Bonchev–Trinajstić information content (AvgIpc) is 2.93. The lowest BCUT2D eigenvalue weighted by Gasteiger charge is -2.22. The summed E-state index contributed by atoms with van der Waals surface area (Å²) in [6, 6.07) is -1.50. The zero-order chi connectivity index (χ0) is 19.9. The summed E-state index contributed by atoms with van der Waals surface area (Å²) < 4.78 is 66.5. The number of hydrogen-bond acceptors (Lipinski definition) is 7. The molecule has 144 valence electrons. The van der Waals surface area contributed by atoms with Crippen molar-refractivity contribution in [3.63, 3.8) is 0 Å². The number of rotatable bonds is 4. The van der Waals surface area contributed by atoms with Crippen molar-refractivity contribution in [1.82, 2.24) is 9.55 Å². The molecule has 2 unspecified atom stereocenters. The molecule has 0 aliphatic carbocycles. The van der Waals surface area contributed by atoms with Crippen molar-refractivity contribution in [1.29, 1.82) is 0 Å². The first-order chi connectivity index (χ1) is 11.9. The van der Waals surface area contributed by atoms with Crippen LogP contribution in [0.15, 0.2) is 20.9 Å². The van der Waals surface area contributed by atoms with Crippen LogP contribution < -0.4 is 11.2 Å². The number of aromatic amines is 1. The number of aromatic nitrogens is 2. The predicted octanol–water partition coefficient (Wildman–Crippen LogP) is 0.0644.